The van der Waals surface area contributed by atoms with Gasteiger partial charge in [0, 0.05) is 5.69 Å². The largest absolute Gasteiger partial charge is 0.477 e. The Morgan fingerprint density at radius 1 is 0.775 bits per heavy atom. The first-order valence-electron chi connectivity index (χ1n) is 12.5. The Balaban J connectivity index is 0.000000319. The number of aryl methyl sites for hydroxylation is 1. The number of hydrogen-bond donors (Lipinski definition) is 4. The van der Waals surface area contributed by atoms with Gasteiger partial charge in [0.1, 0.15) is 14.9 Å². The molecule has 10 nitrogen and oxygen atoms in total. The highest BCUT2D eigenvalue weighted by Crippen LogP contribution is 2.25. The van der Waals surface area contributed by atoms with Crippen LogP contribution in [0.1, 0.15) is 72.4 Å². The van der Waals surface area contributed by atoms with Crippen LogP contribution < -0.4 is 14.8 Å². The van der Waals surface area contributed by atoms with Crippen LogP contribution in [-0.4, -0.2) is 44.3 Å². The fourth-order valence-corrected chi connectivity index (χ4v) is 6.31. The van der Waals surface area contributed by atoms with E-state index in [1.807, 2.05) is 24.3 Å². The van der Waals surface area contributed by atoms with E-state index in [-0.39, 0.29) is 10.8 Å². The monoisotopic (exact) mass is 629 g/mol. The summed E-state index contributed by atoms with van der Waals surface area (Å²) in [5.41, 5.74) is 1.98. The van der Waals surface area contributed by atoms with Gasteiger partial charge in [-0.3, -0.25) is 14.2 Å². The normalized spacial score (nSPS) is 11.6. The Morgan fingerprint density at radius 2 is 1.25 bits per heavy atom. The molecule has 0 saturated heterocycles. The first-order chi connectivity index (χ1) is 18.6. The molecule has 0 radical (unpaired) electrons. The van der Waals surface area contributed by atoms with Gasteiger partial charge in [0.05, 0.1) is 15.4 Å². The maximum absolute atomic E-state index is 12.3. The SMILES string of the molecule is CC(C)S(=O)(=O)Nc1ccc(C(=O)O)s1.CCCCc1ccc(NC(=O)c2ccc(NS(=O)(=O)C(C)C)s2)cc1. The van der Waals surface area contributed by atoms with E-state index in [0.29, 0.717) is 14.9 Å². The van der Waals surface area contributed by atoms with Gasteiger partial charge in [0.15, 0.2) is 0 Å². The van der Waals surface area contributed by atoms with Gasteiger partial charge in [-0.15, -0.1) is 22.7 Å². The molecule has 14 heteroatoms. The topological polar surface area (TPSA) is 159 Å². The molecule has 0 spiro atoms. The molecule has 0 unspecified atom stereocenters. The highest BCUT2D eigenvalue weighted by molar-refractivity contribution is 7.93. The predicted octanol–water partition coefficient (Wildman–Crippen LogP) is 6.09. The number of nitrogens with one attached hydrogen (secondary N) is 3. The number of amides is 1. The van der Waals surface area contributed by atoms with Crippen molar-refractivity contribution in [1.29, 1.82) is 0 Å². The summed E-state index contributed by atoms with van der Waals surface area (Å²) in [4.78, 5) is 23.4. The van der Waals surface area contributed by atoms with Crippen molar-refractivity contribution in [2.24, 2.45) is 0 Å². The zero-order chi connectivity index (χ0) is 30.1. The fraction of sp³-hybridized carbons (Fsp3) is 0.385. The van der Waals surface area contributed by atoms with E-state index in [1.54, 1.807) is 39.8 Å². The Morgan fingerprint density at radius 3 is 1.68 bits per heavy atom. The predicted molar refractivity (Wildman–Crippen MR) is 164 cm³/mol. The summed E-state index contributed by atoms with van der Waals surface area (Å²) in [7, 11) is -6.80. The van der Waals surface area contributed by atoms with Crippen molar-refractivity contribution in [2.45, 2.75) is 64.4 Å². The smallest absolute Gasteiger partial charge is 0.345 e. The Labute approximate surface area is 243 Å². The number of carbonyl (C=O) groups excluding carboxylic acids is 1. The average Bonchev–Trinajstić information content (AvgIpc) is 3.53. The summed E-state index contributed by atoms with van der Waals surface area (Å²) < 4.78 is 51.4. The van der Waals surface area contributed by atoms with Crippen LogP contribution in [0.15, 0.2) is 48.5 Å². The molecule has 0 bridgehead atoms. The van der Waals surface area contributed by atoms with Gasteiger partial charge in [0.2, 0.25) is 20.0 Å². The van der Waals surface area contributed by atoms with Gasteiger partial charge in [-0.05, 0) is 82.5 Å². The zero-order valence-electron chi connectivity index (χ0n) is 22.9. The number of sulfonamides is 2. The minimum absolute atomic E-state index is 0.108. The maximum atomic E-state index is 12.3. The first kappa shape index (κ1) is 33.3. The Hall–Kier alpha value is -2.94. The van der Waals surface area contributed by atoms with E-state index in [2.05, 4.69) is 21.7 Å². The molecule has 0 atom stereocenters. The molecule has 3 aromatic rings. The van der Waals surface area contributed by atoms with Crippen LogP contribution >= 0.6 is 22.7 Å². The molecular weight excluding hydrogens is 595 g/mol. The number of unbranched alkanes of at least 4 members (excludes halogenated alkanes) is 1. The second kappa shape index (κ2) is 14.6. The number of rotatable bonds is 12. The number of thiophene rings is 2. The molecule has 3 rings (SSSR count). The average molecular weight is 630 g/mol. The number of hydrogen-bond acceptors (Lipinski definition) is 8. The third-order valence-corrected chi connectivity index (χ3v) is 11.1. The molecule has 0 aliphatic heterocycles. The van der Waals surface area contributed by atoms with Crippen molar-refractivity contribution < 1.29 is 31.5 Å². The van der Waals surface area contributed by atoms with Gasteiger partial charge >= 0.3 is 5.97 Å². The lowest BCUT2D eigenvalue weighted by Gasteiger charge is -2.08. The van der Waals surface area contributed by atoms with Crippen molar-refractivity contribution in [3.8, 4) is 0 Å². The van der Waals surface area contributed by atoms with Crippen LogP contribution in [0.2, 0.25) is 0 Å². The van der Waals surface area contributed by atoms with Crippen LogP contribution in [0, 0.1) is 0 Å². The minimum Gasteiger partial charge on any atom is -0.477 e. The lowest BCUT2D eigenvalue weighted by atomic mass is 10.1. The molecule has 2 heterocycles. The van der Waals surface area contributed by atoms with Crippen LogP contribution in [0.5, 0.6) is 0 Å². The van der Waals surface area contributed by atoms with Crippen molar-refractivity contribution in [3.05, 3.63) is 63.8 Å². The molecule has 1 aromatic carbocycles. The van der Waals surface area contributed by atoms with Gasteiger partial charge in [-0.1, -0.05) is 25.5 Å². The third-order valence-electron chi connectivity index (χ3n) is 5.40. The molecule has 0 aliphatic rings. The molecule has 0 aliphatic carbocycles. The molecule has 4 N–H and O–H groups in total. The minimum atomic E-state index is -3.41. The Kier molecular flexibility index (Phi) is 12.2. The summed E-state index contributed by atoms with van der Waals surface area (Å²) in [6.45, 7) is 8.47. The number of aromatic carboxylic acids is 1. The van der Waals surface area contributed by atoms with Crippen molar-refractivity contribution in [2.75, 3.05) is 14.8 Å². The summed E-state index contributed by atoms with van der Waals surface area (Å²) in [5.74, 6) is -1.31. The number of anilines is 3. The highest BCUT2D eigenvalue weighted by Gasteiger charge is 2.19. The fourth-order valence-electron chi connectivity index (χ4n) is 2.87. The van der Waals surface area contributed by atoms with Crippen molar-refractivity contribution in [3.63, 3.8) is 0 Å². The van der Waals surface area contributed by atoms with Gasteiger partial charge < -0.3 is 10.4 Å². The molecule has 0 saturated carbocycles. The summed E-state index contributed by atoms with van der Waals surface area (Å²) in [6, 6.07) is 13.8. The number of carboxylic acid groups (broad SMARTS) is 1. The first-order valence-corrected chi connectivity index (χ1v) is 17.2. The lowest BCUT2D eigenvalue weighted by molar-refractivity contribution is 0.0702. The van der Waals surface area contributed by atoms with Crippen LogP contribution in [0.3, 0.4) is 0 Å². The highest BCUT2D eigenvalue weighted by atomic mass is 32.2. The quantitative estimate of drug-likeness (QED) is 0.189. The second-order valence-corrected chi connectivity index (χ2v) is 15.9. The molecule has 220 valence electrons. The van der Waals surface area contributed by atoms with Crippen LogP contribution in [0.25, 0.3) is 0 Å². The van der Waals surface area contributed by atoms with Crippen LogP contribution in [-0.2, 0) is 26.5 Å². The van der Waals surface area contributed by atoms with Gasteiger partial charge in [-0.25, -0.2) is 21.6 Å². The third kappa shape index (κ3) is 10.2. The van der Waals surface area contributed by atoms with Gasteiger partial charge in [-0.2, -0.15) is 0 Å². The standard InChI is InChI=1S/C18H24N2O3S2.C8H11NO4S2/c1-4-5-6-14-7-9-15(10-8-14)19-18(21)16-11-12-17(24-16)20-25(22,23)13(2)3;1-5(2)15(12,13)9-7-4-3-6(14-7)8(10)11/h7-13,20H,4-6H2,1-3H3,(H,19,21);3-5,9H,1-2H3,(H,10,11). The summed E-state index contributed by atoms with van der Waals surface area (Å²) in [6.07, 6.45) is 3.34. The summed E-state index contributed by atoms with van der Waals surface area (Å²) >= 11 is 2.01. The molecule has 0 fully saturated rings. The number of benzene rings is 1. The van der Waals surface area contributed by atoms with Crippen molar-refractivity contribution >= 4 is 70.3 Å². The summed E-state index contributed by atoms with van der Waals surface area (Å²) in [5, 5.41) is 11.2. The maximum Gasteiger partial charge on any atom is 0.345 e. The molecule has 1 amide bonds. The molecule has 40 heavy (non-hydrogen) atoms. The number of carboxylic acids is 1. The lowest BCUT2D eigenvalue weighted by Crippen LogP contribution is -2.21. The van der Waals surface area contributed by atoms with E-state index in [4.69, 9.17) is 5.11 Å². The van der Waals surface area contributed by atoms with E-state index in [1.165, 1.54) is 17.7 Å². The molecule has 2 aromatic heterocycles. The van der Waals surface area contributed by atoms with E-state index in [9.17, 15) is 26.4 Å². The van der Waals surface area contributed by atoms with E-state index < -0.39 is 36.5 Å². The second-order valence-electron chi connectivity index (χ2n) is 9.28. The van der Waals surface area contributed by atoms with Gasteiger partial charge in [0.25, 0.3) is 5.91 Å². The van der Waals surface area contributed by atoms with Crippen molar-refractivity contribution in [1.82, 2.24) is 0 Å². The van der Waals surface area contributed by atoms with E-state index in [0.717, 1.165) is 47.6 Å². The Bertz CT molecular complexity index is 1490. The zero-order valence-corrected chi connectivity index (χ0v) is 26.2. The number of carbonyl (C=O) groups is 2. The van der Waals surface area contributed by atoms with E-state index >= 15 is 0 Å². The molecular formula is C26H35N3O7S4. The van der Waals surface area contributed by atoms with Crippen LogP contribution in [0.4, 0.5) is 15.7 Å².